The van der Waals surface area contributed by atoms with E-state index in [1.807, 2.05) is 13.8 Å². The van der Waals surface area contributed by atoms with Gasteiger partial charge in [-0.15, -0.1) is 23.2 Å². The van der Waals surface area contributed by atoms with Crippen molar-refractivity contribution in [3.05, 3.63) is 35.5 Å². The lowest BCUT2D eigenvalue weighted by Crippen LogP contribution is -2.32. The summed E-state index contributed by atoms with van der Waals surface area (Å²) in [5, 5.41) is 7.50. The summed E-state index contributed by atoms with van der Waals surface area (Å²) < 4.78 is 18.7. The molecule has 1 fully saturated rings. The van der Waals surface area contributed by atoms with Crippen molar-refractivity contribution >= 4 is 40.2 Å². The number of nitrogens with one attached hydrogen (secondary N) is 1. The monoisotopic (exact) mass is 522 g/mol. The minimum Gasteiger partial charge on any atom is -0.463 e. The Balaban J connectivity index is 1.78. The highest BCUT2D eigenvalue weighted by Gasteiger charge is 2.29. The number of carbonyl (C=O) groups excluding carboxylic acids is 1. The molecule has 10 heteroatoms. The van der Waals surface area contributed by atoms with Gasteiger partial charge in [-0.2, -0.15) is 0 Å². The third-order valence-electron chi connectivity index (χ3n) is 6.70. The van der Waals surface area contributed by atoms with E-state index in [0.29, 0.717) is 12.4 Å². The van der Waals surface area contributed by atoms with Crippen molar-refractivity contribution in [1.29, 1.82) is 0 Å². The van der Waals surface area contributed by atoms with E-state index in [0.717, 1.165) is 65.1 Å². The Morgan fingerprint density at radius 3 is 2.66 bits per heavy atom. The van der Waals surface area contributed by atoms with Crippen LogP contribution in [-0.4, -0.2) is 58.8 Å². The lowest BCUT2D eigenvalue weighted by molar-refractivity contribution is -0.141. The van der Waals surface area contributed by atoms with Gasteiger partial charge in [0.25, 0.3) is 0 Å². The largest absolute Gasteiger partial charge is 0.463 e. The van der Waals surface area contributed by atoms with Gasteiger partial charge in [-0.3, -0.25) is 4.79 Å². The Bertz CT molecular complexity index is 1130. The smallest absolute Gasteiger partial charge is 0.320 e. The number of halogens is 2. The van der Waals surface area contributed by atoms with Crippen LogP contribution in [0.4, 0.5) is 0 Å². The topological polar surface area (TPSA) is 91.4 Å². The number of ether oxygens (including phenoxy) is 2. The van der Waals surface area contributed by atoms with Gasteiger partial charge in [-0.25, -0.2) is 4.98 Å². The molecule has 0 spiro atoms. The van der Waals surface area contributed by atoms with Crippen LogP contribution in [0.2, 0.25) is 0 Å². The Kier molecular flexibility index (Phi) is 8.70. The lowest BCUT2D eigenvalue weighted by Gasteiger charge is -2.31. The molecule has 1 aliphatic carbocycles. The number of aryl methyl sites for hydroxylation is 2. The highest BCUT2D eigenvalue weighted by molar-refractivity contribution is 6.26. The second-order valence-corrected chi connectivity index (χ2v) is 9.57. The minimum absolute atomic E-state index is 0.121. The molecule has 0 amide bonds. The zero-order valence-electron chi connectivity index (χ0n) is 20.4. The van der Waals surface area contributed by atoms with Crippen LogP contribution >= 0.6 is 23.2 Å². The molecule has 0 unspecified atom stereocenters. The second-order valence-electron chi connectivity index (χ2n) is 8.92. The van der Waals surface area contributed by atoms with Gasteiger partial charge in [-0.05, 0) is 57.2 Å². The van der Waals surface area contributed by atoms with Gasteiger partial charge in [0.1, 0.15) is 30.1 Å². The zero-order valence-corrected chi connectivity index (χ0v) is 21.9. The molecule has 0 aliphatic heterocycles. The molecule has 1 N–H and O–H groups in total. The molecule has 35 heavy (non-hydrogen) atoms. The average molecular weight is 523 g/mol. The van der Waals surface area contributed by atoms with Crippen LogP contribution in [0.3, 0.4) is 0 Å². The highest BCUT2D eigenvalue weighted by atomic mass is 35.5. The lowest BCUT2D eigenvalue weighted by atomic mass is 9.92. The quantitative estimate of drug-likeness (QED) is 0.292. The van der Waals surface area contributed by atoms with Crippen LogP contribution in [0.5, 0.6) is 0 Å². The molecule has 3 aromatic rings. The molecular weight excluding hydrogens is 491 g/mol. The molecule has 0 saturated heterocycles. The number of carbonyl (C=O) groups is 1. The predicted octanol–water partition coefficient (Wildman–Crippen LogP) is 5.09. The third-order valence-corrected chi connectivity index (χ3v) is 7.11. The van der Waals surface area contributed by atoms with Crippen LogP contribution in [0.1, 0.15) is 55.0 Å². The molecule has 0 radical (unpaired) electrons. The van der Waals surface area contributed by atoms with E-state index >= 15 is 0 Å². The summed E-state index contributed by atoms with van der Waals surface area (Å²) >= 11 is 11.6. The standard InChI is InChI=1S/C25H32Cl2N4O4/c1-15-24(16(2)35-30-15)17-4-9-22-20(12-17)29-25(21(28-11-10-26)14-34-23(32)13-27)31(22)18-5-7-19(33-3)8-6-18/h4,9,12,18-19,21,28H,5-8,10-11,13-14H2,1-3H3/t18-,19-,21-/m1/s1. The summed E-state index contributed by atoms with van der Waals surface area (Å²) in [6.45, 7) is 4.52. The third kappa shape index (κ3) is 5.66. The van der Waals surface area contributed by atoms with Gasteiger partial charge in [0.05, 0.1) is 22.8 Å². The van der Waals surface area contributed by atoms with Crippen LogP contribution in [-0.2, 0) is 14.3 Å². The first-order valence-electron chi connectivity index (χ1n) is 12.0. The maximum absolute atomic E-state index is 11.8. The molecule has 4 rings (SSSR count). The molecule has 8 nitrogen and oxygen atoms in total. The maximum Gasteiger partial charge on any atom is 0.320 e. The van der Waals surface area contributed by atoms with E-state index in [9.17, 15) is 4.79 Å². The Hall–Kier alpha value is -2.13. The molecule has 1 atom stereocenters. The summed E-state index contributed by atoms with van der Waals surface area (Å²) in [5.41, 5.74) is 4.74. The Morgan fingerprint density at radius 1 is 1.26 bits per heavy atom. The maximum atomic E-state index is 11.8. The Morgan fingerprint density at radius 2 is 2.03 bits per heavy atom. The molecule has 1 aliphatic rings. The number of esters is 1. The van der Waals surface area contributed by atoms with Crippen LogP contribution in [0.15, 0.2) is 22.7 Å². The molecule has 2 heterocycles. The second kappa shape index (κ2) is 11.7. The van der Waals surface area contributed by atoms with Gasteiger partial charge in [-0.1, -0.05) is 11.2 Å². The summed E-state index contributed by atoms with van der Waals surface area (Å²) in [5.74, 6) is 1.36. The normalized spacial score (nSPS) is 19.2. The Labute approximate surface area is 215 Å². The van der Waals surface area contributed by atoms with Crippen molar-refractivity contribution < 1.29 is 18.8 Å². The number of fused-ring (bicyclic) bond motifs is 1. The molecule has 2 aromatic heterocycles. The van der Waals surface area contributed by atoms with Crippen molar-refractivity contribution in [2.75, 3.05) is 32.0 Å². The molecule has 1 aromatic carbocycles. The van der Waals surface area contributed by atoms with Crippen LogP contribution in [0.25, 0.3) is 22.2 Å². The van der Waals surface area contributed by atoms with E-state index in [-0.39, 0.29) is 30.7 Å². The average Bonchev–Trinajstić information content (AvgIpc) is 3.42. The summed E-state index contributed by atoms with van der Waals surface area (Å²) in [6.07, 6.45) is 4.21. The molecule has 0 bridgehead atoms. The van der Waals surface area contributed by atoms with Gasteiger partial charge in [0.15, 0.2) is 0 Å². The predicted molar refractivity (Wildman–Crippen MR) is 136 cm³/mol. The number of methoxy groups -OCH3 is 1. The zero-order chi connectivity index (χ0) is 24.9. The summed E-state index contributed by atoms with van der Waals surface area (Å²) in [6, 6.07) is 6.21. The van der Waals surface area contributed by atoms with E-state index in [1.165, 1.54) is 0 Å². The number of hydrogen-bond acceptors (Lipinski definition) is 7. The first kappa shape index (κ1) is 25.9. The number of nitrogens with zero attached hydrogens (tertiary/aromatic N) is 3. The molecule has 190 valence electrons. The van der Waals surface area contributed by atoms with E-state index in [4.69, 9.17) is 42.2 Å². The van der Waals surface area contributed by atoms with E-state index < -0.39 is 5.97 Å². The molecular formula is C25H32Cl2N4O4. The number of imidazole rings is 1. The van der Waals surface area contributed by atoms with Crippen molar-refractivity contribution in [2.45, 2.75) is 57.7 Å². The fraction of sp³-hybridized carbons (Fsp3) is 0.560. The fourth-order valence-electron chi connectivity index (χ4n) is 5.01. The van der Waals surface area contributed by atoms with Gasteiger partial charge < -0.3 is 23.9 Å². The van der Waals surface area contributed by atoms with Crippen molar-refractivity contribution in [1.82, 2.24) is 20.0 Å². The van der Waals surface area contributed by atoms with Crippen LogP contribution < -0.4 is 5.32 Å². The number of aromatic nitrogens is 3. The van der Waals surface area contributed by atoms with Crippen molar-refractivity contribution in [3.63, 3.8) is 0 Å². The molecule has 1 saturated carbocycles. The number of benzene rings is 1. The first-order chi connectivity index (χ1) is 17.0. The number of hydrogen-bond donors (Lipinski definition) is 1. The van der Waals surface area contributed by atoms with Gasteiger partial charge in [0.2, 0.25) is 0 Å². The summed E-state index contributed by atoms with van der Waals surface area (Å²) in [7, 11) is 1.77. The first-order valence-corrected chi connectivity index (χ1v) is 13.0. The van der Waals surface area contributed by atoms with E-state index in [2.05, 4.69) is 33.2 Å². The summed E-state index contributed by atoms with van der Waals surface area (Å²) in [4.78, 5) is 16.9. The fourth-order valence-corrected chi connectivity index (χ4v) is 5.19. The van der Waals surface area contributed by atoms with Crippen molar-refractivity contribution in [2.24, 2.45) is 0 Å². The van der Waals surface area contributed by atoms with Crippen molar-refractivity contribution in [3.8, 4) is 11.1 Å². The minimum atomic E-state index is -0.465. The highest BCUT2D eigenvalue weighted by Crippen LogP contribution is 2.37. The van der Waals surface area contributed by atoms with Gasteiger partial charge in [0, 0.05) is 31.1 Å². The van der Waals surface area contributed by atoms with Gasteiger partial charge >= 0.3 is 5.97 Å². The number of rotatable bonds is 10. The SMILES string of the molecule is CO[C@H]1CC[C@H](n2c([C@@H](COC(=O)CCl)NCCCl)nc3cc(-c4c(C)noc4C)ccc32)CC1. The van der Waals surface area contributed by atoms with E-state index in [1.54, 1.807) is 7.11 Å². The van der Waals surface area contributed by atoms with Crippen LogP contribution in [0, 0.1) is 13.8 Å². The number of alkyl halides is 2.